The number of furan rings is 1. The maximum atomic E-state index is 9.63. The standard InChI is InChI=1S/C15H19N3O3/c19-11-15(20)14-9-12-10-17(6-7-18(12)16-14)5-1-3-13-4-2-8-21-13/h1-4,8-9,15,19-20H,5-7,10-11H2. The van der Waals surface area contributed by atoms with Crippen molar-refractivity contribution < 1.29 is 14.6 Å². The van der Waals surface area contributed by atoms with Crippen molar-refractivity contribution >= 4 is 6.08 Å². The maximum absolute atomic E-state index is 9.63. The lowest BCUT2D eigenvalue weighted by Gasteiger charge is -2.26. The van der Waals surface area contributed by atoms with Crippen LogP contribution in [0.5, 0.6) is 0 Å². The molecule has 0 saturated carbocycles. The molecule has 2 aromatic rings. The number of aliphatic hydroxyl groups is 2. The van der Waals surface area contributed by atoms with E-state index in [1.807, 2.05) is 29.0 Å². The van der Waals surface area contributed by atoms with Crippen LogP contribution in [-0.4, -0.2) is 44.6 Å². The molecule has 1 aliphatic heterocycles. The minimum Gasteiger partial charge on any atom is -0.465 e. The minimum absolute atomic E-state index is 0.300. The molecule has 1 unspecified atom stereocenters. The van der Waals surface area contributed by atoms with Gasteiger partial charge in [-0.05, 0) is 24.3 Å². The number of hydrogen-bond donors (Lipinski definition) is 2. The molecule has 3 rings (SSSR count). The van der Waals surface area contributed by atoms with Gasteiger partial charge in [0.1, 0.15) is 11.9 Å². The van der Waals surface area contributed by atoms with E-state index in [0.717, 1.165) is 37.6 Å². The van der Waals surface area contributed by atoms with Gasteiger partial charge in [-0.1, -0.05) is 6.08 Å². The van der Waals surface area contributed by atoms with Crippen molar-refractivity contribution in [1.82, 2.24) is 14.7 Å². The summed E-state index contributed by atoms with van der Waals surface area (Å²) in [6.45, 7) is 3.03. The molecule has 3 heterocycles. The zero-order valence-electron chi connectivity index (χ0n) is 11.7. The van der Waals surface area contributed by atoms with Gasteiger partial charge in [0.15, 0.2) is 0 Å². The van der Waals surface area contributed by atoms with Crippen molar-refractivity contribution in [3.63, 3.8) is 0 Å². The van der Waals surface area contributed by atoms with E-state index in [4.69, 9.17) is 9.52 Å². The van der Waals surface area contributed by atoms with Crippen LogP contribution in [0.3, 0.4) is 0 Å². The summed E-state index contributed by atoms with van der Waals surface area (Å²) in [6.07, 6.45) is 4.81. The Morgan fingerprint density at radius 2 is 2.33 bits per heavy atom. The molecule has 0 aliphatic carbocycles. The Hall–Kier alpha value is -1.89. The SMILES string of the molecule is OCC(O)c1cc2n(n1)CCN(CC=Cc1ccco1)C2. The van der Waals surface area contributed by atoms with Gasteiger partial charge in [0.05, 0.1) is 30.8 Å². The fourth-order valence-corrected chi connectivity index (χ4v) is 2.46. The normalized spacial score (nSPS) is 17.2. The van der Waals surface area contributed by atoms with Crippen LogP contribution < -0.4 is 0 Å². The number of nitrogens with zero attached hydrogens (tertiary/aromatic N) is 3. The molecular weight excluding hydrogens is 270 g/mol. The first-order valence-electron chi connectivity index (χ1n) is 7.04. The highest BCUT2D eigenvalue weighted by Gasteiger charge is 2.20. The highest BCUT2D eigenvalue weighted by Crippen LogP contribution is 2.18. The molecule has 2 N–H and O–H groups in total. The van der Waals surface area contributed by atoms with E-state index < -0.39 is 6.10 Å². The van der Waals surface area contributed by atoms with Crippen LogP contribution >= 0.6 is 0 Å². The first-order chi connectivity index (χ1) is 10.3. The predicted octanol–water partition coefficient (Wildman–Crippen LogP) is 1.03. The number of aliphatic hydroxyl groups excluding tert-OH is 2. The molecule has 0 fully saturated rings. The van der Waals surface area contributed by atoms with E-state index in [2.05, 4.69) is 16.1 Å². The Kier molecular flexibility index (Phi) is 4.19. The van der Waals surface area contributed by atoms with E-state index in [-0.39, 0.29) is 6.61 Å². The average molecular weight is 289 g/mol. The van der Waals surface area contributed by atoms with Gasteiger partial charge in [-0.3, -0.25) is 9.58 Å². The van der Waals surface area contributed by atoms with Gasteiger partial charge in [0, 0.05) is 19.6 Å². The Bertz CT molecular complexity index is 604. The molecule has 1 atom stereocenters. The number of fused-ring (bicyclic) bond motifs is 1. The molecule has 2 aromatic heterocycles. The van der Waals surface area contributed by atoms with Crippen molar-refractivity contribution in [2.24, 2.45) is 0 Å². The maximum Gasteiger partial charge on any atom is 0.126 e. The monoisotopic (exact) mass is 289 g/mol. The summed E-state index contributed by atoms with van der Waals surface area (Å²) < 4.78 is 7.15. The summed E-state index contributed by atoms with van der Waals surface area (Å²) in [5, 5.41) is 22.9. The summed E-state index contributed by atoms with van der Waals surface area (Å²) >= 11 is 0. The van der Waals surface area contributed by atoms with Crippen LogP contribution in [0.1, 0.15) is 23.3 Å². The predicted molar refractivity (Wildman–Crippen MR) is 77.3 cm³/mol. The van der Waals surface area contributed by atoms with Gasteiger partial charge < -0.3 is 14.6 Å². The topological polar surface area (TPSA) is 74.7 Å². The van der Waals surface area contributed by atoms with Crippen molar-refractivity contribution in [3.8, 4) is 0 Å². The number of aromatic nitrogens is 2. The van der Waals surface area contributed by atoms with Gasteiger partial charge in [-0.25, -0.2) is 0 Å². The third kappa shape index (κ3) is 3.24. The van der Waals surface area contributed by atoms with Crippen LogP contribution in [0, 0.1) is 0 Å². The summed E-state index contributed by atoms with van der Waals surface area (Å²) in [5.41, 5.74) is 1.61. The molecule has 1 aliphatic rings. The van der Waals surface area contributed by atoms with Gasteiger partial charge in [0.25, 0.3) is 0 Å². The molecule has 6 nitrogen and oxygen atoms in total. The van der Waals surface area contributed by atoms with E-state index in [9.17, 15) is 5.11 Å². The Morgan fingerprint density at radius 1 is 1.43 bits per heavy atom. The zero-order valence-corrected chi connectivity index (χ0v) is 11.7. The van der Waals surface area contributed by atoms with Crippen LogP contribution in [0.4, 0.5) is 0 Å². The van der Waals surface area contributed by atoms with E-state index >= 15 is 0 Å². The fourth-order valence-electron chi connectivity index (χ4n) is 2.46. The highest BCUT2D eigenvalue weighted by molar-refractivity contribution is 5.42. The molecule has 6 heteroatoms. The van der Waals surface area contributed by atoms with Crippen molar-refractivity contribution in [3.05, 3.63) is 47.7 Å². The fraction of sp³-hybridized carbons (Fsp3) is 0.400. The molecule has 0 saturated heterocycles. The average Bonchev–Trinajstić information content (AvgIpc) is 3.14. The Labute approximate surface area is 122 Å². The highest BCUT2D eigenvalue weighted by atomic mass is 16.3. The molecule has 0 spiro atoms. The number of rotatable bonds is 5. The first kappa shape index (κ1) is 14.1. The van der Waals surface area contributed by atoms with E-state index in [1.54, 1.807) is 6.26 Å². The summed E-state index contributed by atoms with van der Waals surface area (Å²) in [7, 11) is 0. The minimum atomic E-state index is -0.893. The molecule has 0 amide bonds. The van der Waals surface area contributed by atoms with Gasteiger partial charge in [-0.2, -0.15) is 5.10 Å². The van der Waals surface area contributed by atoms with Crippen LogP contribution in [0.15, 0.2) is 35.0 Å². The summed E-state index contributed by atoms with van der Waals surface area (Å²) in [4.78, 5) is 2.30. The molecule has 0 radical (unpaired) electrons. The van der Waals surface area contributed by atoms with Crippen LogP contribution in [0.2, 0.25) is 0 Å². The molecular formula is C15H19N3O3. The van der Waals surface area contributed by atoms with Gasteiger partial charge >= 0.3 is 0 Å². The third-order valence-corrected chi connectivity index (χ3v) is 3.60. The molecule has 21 heavy (non-hydrogen) atoms. The third-order valence-electron chi connectivity index (χ3n) is 3.60. The lowest BCUT2D eigenvalue weighted by Crippen LogP contribution is -2.33. The first-order valence-corrected chi connectivity index (χ1v) is 7.04. The summed E-state index contributed by atoms with van der Waals surface area (Å²) in [6, 6.07) is 5.65. The van der Waals surface area contributed by atoms with Gasteiger partial charge in [-0.15, -0.1) is 0 Å². The number of hydrogen-bond acceptors (Lipinski definition) is 5. The smallest absolute Gasteiger partial charge is 0.126 e. The Balaban J connectivity index is 1.60. The largest absolute Gasteiger partial charge is 0.465 e. The van der Waals surface area contributed by atoms with Crippen LogP contribution in [-0.2, 0) is 13.1 Å². The second-order valence-corrected chi connectivity index (χ2v) is 5.13. The molecule has 112 valence electrons. The van der Waals surface area contributed by atoms with Crippen LogP contribution in [0.25, 0.3) is 6.08 Å². The Morgan fingerprint density at radius 3 is 3.10 bits per heavy atom. The quantitative estimate of drug-likeness (QED) is 0.860. The second-order valence-electron chi connectivity index (χ2n) is 5.13. The van der Waals surface area contributed by atoms with E-state index in [0.29, 0.717) is 5.69 Å². The van der Waals surface area contributed by atoms with E-state index in [1.165, 1.54) is 0 Å². The molecule has 0 bridgehead atoms. The molecule has 0 aromatic carbocycles. The lowest BCUT2D eigenvalue weighted by atomic mass is 10.2. The van der Waals surface area contributed by atoms with Crippen molar-refractivity contribution in [2.45, 2.75) is 19.2 Å². The summed E-state index contributed by atoms with van der Waals surface area (Å²) in [5.74, 6) is 0.852. The zero-order chi connectivity index (χ0) is 14.7. The lowest BCUT2D eigenvalue weighted by molar-refractivity contribution is 0.0915. The van der Waals surface area contributed by atoms with Crippen molar-refractivity contribution in [2.75, 3.05) is 19.7 Å². The van der Waals surface area contributed by atoms with Gasteiger partial charge in [0.2, 0.25) is 0 Å². The van der Waals surface area contributed by atoms with Crippen molar-refractivity contribution in [1.29, 1.82) is 0 Å². The second kappa shape index (κ2) is 6.26.